The minimum absolute atomic E-state index is 0.345. The number of nitrogens with zero attached hydrogens (tertiary/aromatic N) is 1. The maximum atomic E-state index is 11.6. The Morgan fingerprint density at radius 1 is 1.11 bits per heavy atom. The summed E-state index contributed by atoms with van der Waals surface area (Å²) in [6.07, 6.45) is 6.25. The fourth-order valence-electron chi connectivity index (χ4n) is 5.03. The molecule has 1 N–H and O–H groups in total. The highest BCUT2D eigenvalue weighted by atomic mass is 16.5. The van der Waals surface area contributed by atoms with Crippen LogP contribution in [0.25, 0.3) is 22.2 Å². The van der Waals surface area contributed by atoms with Gasteiger partial charge < -0.3 is 14.4 Å². The van der Waals surface area contributed by atoms with Crippen molar-refractivity contribution in [2.45, 2.75) is 51.5 Å². The number of carboxylic acid groups (broad SMARTS) is 1. The molecule has 3 aromatic rings. The molecular formula is C24H25NO3. The molecular weight excluding hydrogens is 350 g/mol. The Labute approximate surface area is 164 Å². The van der Waals surface area contributed by atoms with Gasteiger partial charge >= 0.3 is 5.97 Å². The van der Waals surface area contributed by atoms with E-state index in [2.05, 4.69) is 29.7 Å². The van der Waals surface area contributed by atoms with Gasteiger partial charge in [0.1, 0.15) is 12.4 Å². The maximum absolute atomic E-state index is 11.6. The molecule has 28 heavy (non-hydrogen) atoms. The molecule has 4 heteroatoms. The first-order valence-electron chi connectivity index (χ1n) is 10.3. The van der Waals surface area contributed by atoms with E-state index in [1.165, 1.54) is 54.3 Å². The van der Waals surface area contributed by atoms with Crippen molar-refractivity contribution >= 4 is 16.9 Å². The first-order valence-corrected chi connectivity index (χ1v) is 10.3. The lowest BCUT2D eigenvalue weighted by molar-refractivity contribution is 0.0697. The second kappa shape index (κ2) is 6.69. The monoisotopic (exact) mass is 375 g/mol. The number of fused-ring (bicyclic) bond motifs is 5. The molecule has 0 unspecified atom stereocenters. The smallest absolute Gasteiger partial charge is 0.335 e. The highest BCUT2D eigenvalue weighted by Crippen LogP contribution is 2.47. The Hall–Kier alpha value is -2.75. The van der Waals surface area contributed by atoms with E-state index in [9.17, 15) is 9.90 Å². The third-order valence-corrected chi connectivity index (χ3v) is 6.33. The molecule has 1 aromatic heterocycles. The van der Waals surface area contributed by atoms with E-state index in [-0.39, 0.29) is 0 Å². The van der Waals surface area contributed by atoms with Crippen molar-refractivity contribution in [1.29, 1.82) is 0 Å². The molecule has 1 aliphatic heterocycles. The molecule has 144 valence electrons. The molecule has 4 nitrogen and oxygen atoms in total. The number of aryl methyl sites for hydroxylation is 1. The number of aromatic nitrogens is 1. The lowest BCUT2D eigenvalue weighted by Crippen LogP contribution is -2.07. The second-order valence-corrected chi connectivity index (χ2v) is 8.13. The lowest BCUT2D eigenvalue weighted by Gasteiger charge is -2.23. The standard InChI is InChI=1S/C24H25NO3/c1-15-7-9-19-21(13-15)28-12-11-25-20-14-17(24(26)27)8-10-18(20)22(23(19)25)16-5-3-2-4-6-16/h7-10,13-14,16H,2-6,11-12H2,1H3,(H,26,27). The van der Waals surface area contributed by atoms with Gasteiger partial charge in [-0.25, -0.2) is 4.79 Å². The van der Waals surface area contributed by atoms with E-state index >= 15 is 0 Å². The van der Waals surface area contributed by atoms with Gasteiger partial charge in [0.05, 0.1) is 17.8 Å². The Morgan fingerprint density at radius 3 is 2.71 bits per heavy atom. The van der Waals surface area contributed by atoms with E-state index in [1.807, 2.05) is 12.1 Å². The van der Waals surface area contributed by atoms with Crippen LogP contribution >= 0.6 is 0 Å². The molecule has 0 saturated heterocycles. The summed E-state index contributed by atoms with van der Waals surface area (Å²) in [5, 5.41) is 10.7. The third-order valence-electron chi connectivity index (χ3n) is 6.33. The Balaban J connectivity index is 1.84. The van der Waals surface area contributed by atoms with Crippen LogP contribution in [-0.2, 0) is 6.54 Å². The van der Waals surface area contributed by atoms with Crippen molar-refractivity contribution in [2.75, 3.05) is 6.61 Å². The van der Waals surface area contributed by atoms with Crippen molar-refractivity contribution in [1.82, 2.24) is 4.57 Å². The molecule has 2 heterocycles. The largest absolute Gasteiger partial charge is 0.491 e. The van der Waals surface area contributed by atoms with Gasteiger partial charge in [-0.15, -0.1) is 0 Å². The zero-order chi connectivity index (χ0) is 19.3. The van der Waals surface area contributed by atoms with Gasteiger partial charge in [-0.1, -0.05) is 31.4 Å². The molecule has 1 fully saturated rings. The Kier molecular flexibility index (Phi) is 4.15. The van der Waals surface area contributed by atoms with Gasteiger partial charge in [-0.05, 0) is 61.1 Å². The van der Waals surface area contributed by atoms with Gasteiger partial charge in [-0.2, -0.15) is 0 Å². The molecule has 1 aliphatic carbocycles. The molecule has 0 radical (unpaired) electrons. The number of benzene rings is 2. The average Bonchev–Trinajstić information content (AvgIpc) is 2.90. The number of hydrogen-bond acceptors (Lipinski definition) is 2. The van der Waals surface area contributed by atoms with Gasteiger partial charge in [0.15, 0.2) is 0 Å². The summed E-state index contributed by atoms with van der Waals surface area (Å²) in [5.74, 6) is 0.588. The van der Waals surface area contributed by atoms with Crippen LogP contribution in [0.1, 0.15) is 59.5 Å². The molecule has 0 bridgehead atoms. The van der Waals surface area contributed by atoms with E-state index in [0.717, 1.165) is 23.4 Å². The van der Waals surface area contributed by atoms with E-state index < -0.39 is 5.97 Å². The quantitative estimate of drug-likeness (QED) is 0.620. The van der Waals surface area contributed by atoms with Crippen LogP contribution in [0.2, 0.25) is 0 Å². The van der Waals surface area contributed by atoms with Crippen LogP contribution in [-0.4, -0.2) is 22.2 Å². The predicted molar refractivity (Wildman–Crippen MR) is 110 cm³/mol. The van der Waals surface area contributed by atoms with Crippen LogP contribution in [0.5, 0.6) is 5.75 Å². The van der Waals surface area contributed by atoms with Crippen molar-refractivity contribution in [3.8, 4) is 17.0 Å². The number of aromatic carboxylic acids is 1. The van der Waals surface area contributed by atoms with Crippen LogP contribution in [0.3, 0.4) is 0 Å². The minimum Gasteiger partial charge on any atom is -0.491 e. The van der Waals surface area contributed by atoms with Gasteiger partial charge in [0.2, 0.25) is 0 Å². The number of rotatable bonds is 2. The molecule has 1 saturated carbocycles. The average molecular weight is 375 g/mol. The van der Waals surface area contributed by atoms with Crippen molar-refractivity contribution < 1.29 is 14.6 Å². The first-order chi connectivity index (χ1) is 13.6. The summed E-state index contributed by atoms with van der Waals surface area (Å²) < 4.78 is 8.40. The Morgan fingerprint density at radius 2 is 1.93 bits per heavy atom. The van der Waals surface area contributed by atoms with Crippen LogP contribution in [0.15, 0.2) is 36.4 Å². The van der Waals surface area contributed by atoms with Crippen molar-refractivity contribution in [3.05, 3.63) is 53.1 Å². The Bertz CT molecular complexity index is 1070. The van der Waals surface area contributed by atoms with Gasteiger partial charge in [0, 0.05) is 16.5 Å². The molecule has 0 spiro atoms. The van der Waals surface area contributed by atoms with Gasteiger partial charge in [0.25, 0.3) is 0 Å². The summed E-state index contributed by atoms with van der Waals surface area (Å²) in [5.41, 5.74) is 6.32. The second-order valence-electron chi connectivity index (χ2n) is 8.13. The normalized spacial score (nSPS) is 16.9. The fourth-order valence-corrected chi connectivity index (χ4v) is 5.03. The summed E-state index contributed by atoms with van der Waals surface area (Å²) in [6.45, 7) is 3.41. The summed E-state index contributed by atoms with van der Waals surface area (Å²) in [6, 6.07) is 12.1. The number of hydrogen-bond donors (Lipinski definition) is 1. The zero-order valence-corrected chi connectivity index (χ0v) is 16.2. The number of carbonyl (C=O) groups is 1. The first kappa shape index (κ1) is 17.4. The summed E-state index contributed by atoms with van der Waals surface area (Å²) in [4.78, 5) is 11.6. The highest BCUT2D eigenvalue weighted by Gasteiger charge is 2.29. The number of ether oxygens (including phenoxy) is 1. The SMILES string of the molecule is Cc1ccc2c(c1)OCCn1c-2c(C2CCCCC2)c2ccc(C(=O)O)cc21. The van der Waals surface area contributed by atoms with Crippen molar-refractivity contribution in [3.63, 3.8) is 0 Å². The van der Waals surface area contributed by atoms with E-state index in [1.54, 1.807) is 6.07 Å². The van der Waals surface area contributed by atoms with E-state index in [0.29, 0.717) is 18.1 Å². The molecule has 2 aliphatic rings. The van der Waals surface area contributed by atoms with Crippen LogP contribution in [0.4, 0.5) is 0 Å². The van der Waals surface area contributed by atoms with Crippen LogP contribution < -0.4 is 4.74 Å². The summed E-state index contributed by atoms with van der Waals surface area (Å²) >= 11 is 0. The highest BCUT2D eigenvalue weighted by molar-refractivity contribution is 5.98. The number of carboxylic acids is 1. The lowest BCUT2D eigenvalue weighted by atomic mass is 9.81. The zero-order valence-electron chi connectivity index (χ0n) is 16.2. The fraction of sp³-hybridized carbons (Fsp3) is 0.375. The van der Waals surface area contributed by atoms with Crippen LogP contribution in [0, 0.1) is 6.92 Å². The molecule has 2 aromatic carbocycles. The molecule has 5 rings (SSSR count). The molecule has 0 amide bonds. The third kappa shape index (κ3) is 2.70. The topological polar surface area (TPSA) is 51.5 Å². The molecule has 0 atom stereocenters. The summed E-state index contributed by atoms with van der Waals surface area (Å²) in [7, 11) is 0. The minimum atomic E-state index is -0.877. The maximum Gasteiger partial charge on any atom is 0.335 e. The predicted octanol–water partition coefficient (Wildman–Crippen LogP) is 5.76. The van der Waals surface area contributed by atoms with Crippen molar-refractivity contribution in [2.24, 2.45) is 0 Å². The van der Waals surface area contributed by atoms with E-state index in [4.69, 9.17) is 4.74 Å². The van der Waals surface area contributed by atoms with Gasteiger partial charge in [-0.3, -0.25) is 0 Å².